The fourth-order valence-corrected chi connectivity index (χ4v) is 4.46. The molecule has 3 aromatic heterocycles. The van der Waals surface area contributed by atoms with Gasteiger partial charge >= 0.3 is 0 Å². The van der Waals surface area contributed by atoms with Gasteiger partial charge in [0.05, 0.1) is 10.3 Å². The van der Waals surface area contributed by atoms with Crippen molar-refractivity contribution in [2.75, 3.05) is 10.0 Å². The highest BCUT2D eigenvalue weighted by Gasteiger charge is 2.15. The van der Waals surface area contributed by atoms with Crippen LogP contribution >= 0.6 is 11.3 Å². The van der Waals surface area contributed by atoms with E-state index in [9.17, 15) is 8.42 Å². The Morgan fingerprint density at radius 2 is 1.79 bits per heavy atom. The highest BCUT2D eigenvalue weighted by Crippen LogP contribution is 2.30. The van der Waals surface area contributed by atoms with Gasteiger partial charge in [-0.3, -0.25) is 0 Å². The van der Waals surface area contributed by atoms with Gasteiger partial charge in [0.1, 0.15) is 17.0 Å². The Kier molecular flexibility index (Phi) is 4.88. The van der Waals surface area contributed by atoms with Crippen LogP contribution in [-0.2, 0) is 16.4 Å². The number of nitrogens with zero attached hydrogens (tertiary/aromatic N) is 4. The van der Waals surface area contributed by atoms with Crippen molar-refractivity contribution in [1.82, 2.24) is 19.9 Å². The molecule has 4 rings (SSSR count). The summed E-state index contributed by atoms with van der Waals surface area (Å²) < 4.78 is 27.2. The van der Waals surface area contributed by atoms with E-state index in [1.54, 1.807) is 29.5 Å². The van der Waals surface area contributed by atoms with Gasteiger partial charge < -0.3 is 5.32 Å². The molecule has 0 saturated carbocycles. The van der Waals surface area contributed by atoms with E-state index in [0.29, 0.717) is 5.82 Å². The molecule has 2 N–H and O–H groups in total. The second-order valence-corrected chi connectivity index (χ2v) is 8.63. The second-order valence-electron chi connectivity index (χ2n) is 5.83. The summed E-state index contributed by atoms with van der Waals surface area (Å²) in [4.78, 5) is 18.6. The molecule has 8 nitrogen and oxygen atoms in total. The first kappa shape index (κ1) is 18.3. The number of thiophene rings is 1. The maximum Gasteiger partial charge on any atom is 0.264 e. The molecule has 0 aliphatic rings. The molecule has 142 valence electrons. The van der Waals surface area contributed by atoms with Crippen molar-refractivity contribution in [3.05, 3.63) is 60.0 Å². The Hall–Kier alpha value is -3.11. The van der Waals surface area contributed by atoms with Gasteiger partial charge in [0.25, 0.3) is 10.0 Å². The monoisotopic (exact) mass is 412 g/mol. The van der Waals surface area contributed by atoms with Crippen molar-refractivity contribution in [3.8, 4) is 0 Å². The fourth-order valence-electron chi connectivity index (χ4n) is 2.56. The summed E-state index contributed by atoms with van der Waals surface area (Å²) in [5.74, 6) is 0.713. The predicted molar refractivity (Wildman–Crippen MR) is 109 cm³/mol. The molecule has 0 saturated heterocycles. The summed E-state index contributed by atoms with van der Waals surface area (Å²) in [6, 6.07) is 10.1. The average molecular weight is 413 g/mol. The van der Waals surface area contributed by atoms with Gasteiger partial charge in [-0.05, 0) is 42.8 Å². The van der Waals surface area contributed by atoms with E-state index in [-0.39, 0.29) is 10.8 Å². The first-order valence-corrected chi connectivity index (χ1v) is 10.8. The van der Waals surface area contributed by atoms with Crippen LogP contribution in [0, 0.1) is 0 Å². The molecule has 3 heterocycles. The lowest BCUT2D eigenvalue weighted by Crippen LogP contribution is -2.14. The molecule has 0 fully saturated rings. The highest BCUT2D eigenvalue weighted by molar-refractivity contribution is 7.92. The van der Waals surface area contributed by atoms with Crippen molar-refractivity contribution in [1.29, 1.82) is 0 Å². The standard InChI is InChI=1S/C18H16N6O2S2/c1-2-13-10-15-16(21-11-22-17(15)27-13)23-12-4-6-14(7-5-12)28(25,26)24-18-19-8-3-9-20-18/h3-11H,2H2,1H3,(H,19,20,24)(H,21,22,23). The van der Waals surface area contributed by atoms with Crippen LogP contribution in [0.1, 0.15) is 11.8 Å². The molecule has 28 heavy (non-hydrogen) atoms. The average Bonchev–Trinajstić information content (AvgIpc) is 3.13. The summed E-state index contributed by atoms with van der Waals surface area (Å²) >= 11 is 1.64. The zero-order valence-corrected chi connectivity index (χ0v) is 16.5. The lowest BCUT2D eigenvalue weighted by molar-refractivity contribution is 0.601. The van der Waals surface area contributed by atoms with Crippen LogP contribution in [0.5, 0.6) is 0 Å². The molecular formula is C18H16N6O2S2. The minimum atomic E-state index is -3.76. The highest BCUT2D eigenvalue weighted by atomic mass is 32.2. The number of anilines is 3. The van der Waals surface area contributed by atoms with Crippen molar-refractivity contribution in [2.45, 2.75) is 18.2 Å². The normalized spacial score (nSPS) is 11.5. The topological polar surface area (TPSA) is 110 Å². The smallest absolute Gasteiger partial charge is 0.264 e. The first-order valence-electron chi connectivity index (χ1n) is 8.45. The lowest BCUT2D eigenvalue weighted by atomic mass is 10.3. The number of aromatic nitrogens is 4. The number of aryl methyl sites for hydroxylation is 1. The van der Waals surface area contributed by atoms with Crippen molar-refractivity contribution < 1.29 is 8.42 Å². The molecule has 10 heteroatoms. The van der Waals surface area contributed by atoms with E-state index in [1.807, 2.05) is 0 Å². The van der Waals surface area contributed by atoms with Crippen LogP contribution in [0.15, 0.2) is 60.0 Å². The summed E-state index contributed by atoms with van der Waals surface area (Å²) in [6.45, 7) is 2.10. The molecule has 0 aliphatic heterocycles. The number of rotatable bonds is 6. The summed E-state index contributed by atoms with van der Waals surface area (Å²) in [5, 5.41) is 4.18. The Morgan fingerprint density at radius 3 is 2.50 bits per heavy atom. The minimum absolute atomic E-state index is 0.0252. The molecule has 0 spiro atoms. The second kappa shape index (κ2) is 7.49. The van der Waals surface area contributed by atoms with Gasteiger partial charge in [-0.1, -0.05) is 6.92 Å². The molecule has 4 aromatic rings. The zero-order valence-electron chi connectivity index (χ0n) is 14.8. The summed E-state index contributed by atoms with van der Waals surface area (Å²) in [5.41, 5.74) is 0.721. The van der Waals surface area contributed by atoms with Crippen LogP contribution < -0.4 is 10.0 Å². The lowest BCUT2D eigenvalue weighted by Gasteiger charge is -2.09. The number of sulfonamides is 1. The third-order valence-corrected chi connectivity index (χ3v) is 6.48. The number of benzene rings is 1. The largest absolute Gasteiger partial charge is 0.340 e. The zero-order chi connectivity index (χ0) is 19.6. The van der Waals surface area contributed by atoms with Gasteiger partial charge in [0, 0.05) is 23.0 Å². The molecule has 0 bridgehead atoms. The Balaban J connectivity index is 1.56. The van der Waals surface area contributed by atoms with Crippen molar-refractivity contribution in [3.63, 3.8) is 0 Å². The van der Waals surface area contributed by atoms with Crippen LogP contribution in [0.4, 0.5) is 17.5 Å². The van der Waals surface area contributed by atoms with Gasteiger partial charge in [-0.2, -0.15) is 0 Å². The molecular weight excluding hydrogens is 396 g/mol. The Bertz CT molecular complexity index is 1210. The van der Waals surface area contributed by atoms with E-state index in [0.717, 1.165) is 22.3 Å². The van der Waals surface area contributed by atoms with E-state index in [4.69, 9.17) is 0 Å². The van der Waals surface area contributed by atoms with E-state index in [2.05, 4.69) is 43.0 Å². The van der Waals surface area contributed by atoms with Crippen molar-refractivity contribution >= 4 is 49.0 Å². The Labute approximate surface area is 165 Å². The van der Waals surface area contributed by atoms with Crippen LogP contribution in [-0.4, -0.2) is 28.4 Å². The van der Waals surface area contributed by atoms with Gasteiger partial charge in [0.2, 0.25) is 5.95 Å². The third-order valence-electron chi connectivity index (χ3n) is 3.95. The molecule has 0 atom stereocenters. The van der Waals surface area contributed by atoms with E-state index in [1.165, 1.54) is 35.7 Å². The SMILES string of the molecule is CCc1cc2c(Nc3ccc(S(=O)(=O)Nc4ncccn4)cc3)ncnc2s1. The first-order chi connectivity index (χ1) is 13.5. The van der Waals surface area contributed by atoms with Crippen molar-refractivity contribution in [2.24, 2.45) is 0 Å². The number of hydrogen-bond acceptors (Lipinski definition) is 8. The molecule has 0 amide bonds. The summed E-state index contributed by atoms with van der Waals surface area (Å²) in [7, 11) is -3.76. The van der Waals surface area contributed by atoms with E-state index >= 15 is 0 Å². The summed E-state index contributed by atoms with van der Waals surface area (Å²) in [6.07, 6.45) is 5.39. The Morgan fingerprint density at radius 1 is 1.04 bits per heavy atom. The number of fused-ring (bicyclic) bond motifs is 1. The van der Waals surface area contributed by atoms with Crippen LogP contribution in [0.25, 0.3) is 10.2 Å². The third kappa shape index (κ3) is 3.78. The van der Waals surface area contributed by atoms with Gasteiger partial charge in [-0.25, -0.2) is 33.1 Å². The fraction of sp³-hybridized carbons (Fsp3) is 0.111. The number of hydrogen-bond donors (Lipinski definition) is 2. The minimum Gasteiger partial charge on any atom is -0.340 e. The van der Waals surface area contributed by atoms with Gasteiger partial charge in [0.15, 0.2) is 0 Å². The van der Waals surface area contributed by atoms with Gasteiger partial charge in [-0.15, -0.1) is 11.3 Å². The number of nitrogens with one attached hydrogen (secondary N) is 2. The molecule has 0 radical (unpaired) electrons. The maximum absolute atomic E-state index is 12.5. The van der Waals surface area contributed by atoms with Crippen LogP contribution in [0.2, 0.25) is 0 Å². The molecule has 1 aromatic carbocycles. The maximum atomic E-state index is 12.5. The predicted octanol–water partition coefficient (Wildman–Crippen LogP) is 3.59. The van der Waals surface area contributed by atoms with Crippen LogP contribution in [0.3, 0.4) is 0 Å². The quantitative estimate of drug-likeness (QED) is 0.498. The molecule has 0 unspecified atom stereocenters. The molecule has 0 aliphatic carbocycles. The van der Waals surface area contributed by atoms with E-state index < -0.39 is 10.0 Å².